The van der Waals surface area contributed by atoms with Crippen LogP contribution in [0.1, 0.15) is 107 Å². The summed E-state index contributed by atoms with van der Waals surface area (Å²) in [6.45, 7) is 15.8. The van der Waals surface area contributed by atoms with Crippen molar-refractivity contribution in [3.05, 3.63) is 11.6 Å². The molecular weight excluding hydrogens is 688 g/mol. The molecule has 0 aromatic carbocycles. The second-order valence-electron chi connectivity index (χ2n) is 19.4. The minimum Gasteiger partial charge on any atom is -0.457 e. The average Bonchev–Trinajstić information content (AvgIpc) is 3.69. The average molecular weight is 751 g/mol. The first-order chi connectivity index (χ1) is 24.5. The highest BCUT2D eigenvalue weighted by molar-refractivity contribution is 5.66. The van der Waals surface area contributed by atoms with Crippen LogP contribution in [0.2, 0.25) is 0 Å². The van der Waals surface area contributed by atoms with Crippen LogP contribution < -0.4 is 0 Å². The number of aliphatic hydroxyl groups excluding tert-OH is 4. The molecule has 300 valence electrons. The number of hydrogen-bond donors (Lipinski definition) is 6. The van der Waals surface area contributed by atoms with Gasteiger partial charge in [-0.25, -0.2) is 0 Å². The van der Waals surface area contributed by atoms with Gasteiger partial charge in [0.15, 0.2) is 24.3 Å². The summed E-state index contributed by atoms with van der Waals surface area (Å²) in [5.74, 6) is -3.48. The maximum absolute atomic E-state index is 12.6. The zero-order valence-electron chi connectivity index (χ0n) is 32.7. The highest BCUT2D eigenvalue weighted by Gasteiger charge is 2.85. The Morgan fingerprint density at radius 1 is 1.04 bits per heavy atom. The van der Waals surface area contributed by atoms with Gasteiger partial charge in [-0.15, -0.1) is 0 Å². The summed E-state index contributed by atoms with van der Waals surface area (Å²) in [6.07, 6.45) is -2.38. The Balaban J connectivity index is 1.17. The Morgan fingerprint density at radius 3 is 2.32 bits per heavy atom. The summed E-state index contributed by atoms with van der Waals surface area (Å²) in [4.78, 5) is 23.8. The highest BCUT2D eigenvalue weighted by Crippen LogP contribution is 2.88. The summed E-state index contributed by atoms with van der Waals surface area (Å²) in [6, 6.07) is 0. The van der Waals surface area contributed by atoms with Crippen molar-refractivity contribution >= 4 is 11.9 Å². The van der Waals surface area contributed by atoms with Gasteiger partial charge in [0.2, 0.25) is 0 Å². The van der Waals surface area contributed by atoms with Crippen molar-refractivity contribution in [1.29, 1.82) is 0 Å². The molecule has 13 nitrogen and oxygen atoms in total. The van der Waals surface area contributed by atoms with E-state index in [-0.39, 0.29) is 28.8 Å². The highest BCUT2D eigenvalue weighted by atomic mass is 16.7. The van der Waals surface area contributed by atoms with Gasteiger partial charge in [-0.2, -0.15) is 0 Å². The molecule has 0 radical (unpaired) electrons. The molecule has 2 aliphatic heterocycles. The van der Waals surface area contributed by atoms with E-state index in [0.29, 0.717) is 12.8 Å². The maximum atomic E-state index is 12.6. The Bertz CT molecular complexity index is 1520. The lowest BCUT2D eigenvalue weighted by atomic mass is 9.44. The predicted octanol–water partition coefficient (Wildman–Crippen LogP) is 2.50. The first-order valence-electron chi connectivity index (χ1n) is 19.6. The summed E-state index contributed by atoms with van der Waals surface area (Å²) < 4.78 is 29.7. The van der Waals surface area contributed by atoms with E-state index in [1.54, 1.807) is 13.8 Å². The quantitative estimate of drug-likeness (QED) is 0.164. The normalized spacial score (nSPS) is 51.7. The van der Waals surface area contributed by atoms with Crippen molar-refractivity contribution in [2.24, 2.45) is 44.8 Å². The van der Waals surface area contributed by atoms with Crippen molar-refractivity contribution in [1.82, 2.24) is 0 Å². The van der Waals surface area contributed by atoms with Crippen molar-refractivity contribution in [3.8, 4) is 0 Å². The molecular formula is C40H62O13. The van der Waals surface area contributed by atoms with Crippen molar-refractivity contribution in [2.75, 3.05) is 6.61 Å². The van der Waals surface area contributed by atoms with Crippen LogP contribution in [0, 0.1) is 44.8 Å². The predicted molar refractivity (Wildman–Crippen MR) is 187 cm³/mol. The minimum atomic E-state index is -1.93. The number of aliphatic hydroxyl groups is 6. The third-order valence-corrected chi connectivity index (χ3v) is 15.9. The number of ether oxygens (including phenoxy) is 5. The van der Waals surface area contributed by atoms with Crippen molar-refractivity contribution < 1.29 is 63.9 Å². The molecule has 0 amide bonds. The van der Waals surface area contributed by atoms with Crippen molar-refractivity contribution in [2.45, 2.75) is 174 Å². The molecule has 53 heavy (non-hydrogen) atoms. The molecule has 6 fully saturated rings. The molecule has 0 unspecified atom stereocenters. The number of esters is 2. The summed E-state index contributed by atoms with van der Waals surface area (Å²) in [7, 11) is 0. The first kappa shape index (κ1) is 39.6. The zero-order chi connectivity index (χ0) is 39.1. The number of rotatable bonds is 7. The van der Waals surface area contributed by atoms with Crippen LogP contribution in [-0.2, 0) is 33.3 Å². The van der Waals surface area contributed by atoms with Crippen LogP contribution in [0.5, 0.6) is 0 Å². The number of carbonyl (C=O) groups is 2. The number of allylic oxidation sites excluding steroid dienone is 1. The molecule has 7 rings (SSSR count). The number of hydrogen-bond acceptors (Lipinski definition) is 13. The molecule has 6 N–H and O–H groups in total. The monoisotopic (exact) mass is 750 g/mol. The SMILES string of the molecule is CC(=O)O[C@@H]1[C@H](O)[C@@H](O)[C@H](O[C@H]2CC[C@]34C[C@]35CC[C@]3(C)[C@H]6[C@H](C)C[C@H]([C@@H](OC(C)=O)C(C)(C)O)O[C@@]6(O)[C@H](O)[C@@]3(C)C5=CC[C@H]4C2(C)C)O[C@@H]1CO. The van der Waals surface area contributed by atoms with Crippen LogP contribution in [0.3, 0.4) is 0 Å². The molecule has 0 aromatic heterocycles. The standard InChI is InChI=1S/C40H62O13/c1-19-16-22(31(35(6,7)47)50-21(3)43)53-40(48)30(19)36(8)14-15-39-18-38(39)13-12-26(34(4,5)24(38)10-11-25(39)37(36,9)33(40)46)52-32-28(45)27(44)29(49-20(2)42)23(17-41)51-32/h11,19,22-24,26-33,41,44-48H,10,12-18H2,1-9H3/t19-,22-,23-,24+,26+,27-,28-,29+,30-,31-,32+,33-,36-,37-,38-,39+,40-/m1/s1. The van der Waals surface area contributed by atoms with E-state index >= 15 is 0 Å². The molecule has 5 aliphatic carbocycles. The van der Waals surface area contributed by atoms with Crippen LogP contribution in [0.25, 0.3) is 0 Å². The van der Waals surface area contributed by atoms with E-state index < -0.39 is 101 Å². The molecule has 0 aromatic rings. The molecule has 7 aliphatic rings. The lowest BCUT2D eigenvalue weighted by Crippen LogP contribution is -2.62. The third kappa shape index (κ3) is 5.27. The molecule has 2 heterocycles. The van der Waals surface area contributed by atoms with Gasteiger partial charge in [0.05, 0.1) is 18.3 Å². The van der Waals surface area contributed by atoms with E-state index in [4.69, 9.17) is 23.7 Å². The lowest BCUT2D eigenvalue weighted by molar-refractivity contribution is -0.341. The molecule has 17 atom stereocenters. The largest absolute Gasteiger partial charge is 0.457 e. The van der Waals surface area contributed by atoms with Gasteiger partial charge in [0.25, 0.3) is 0 Å². The van der Waals surface area contributed by atoms with Gasteiger partial charge < -0.3 is 54.3 Å². The van der Waals surface area contributed by atoms with Gasteiger partial charge in [-0.05, 0) is 92.3 Å². The van der Waals surface area contributed by atoms with E-state index in [0.717, 1.165) is 32.1 Å². The third-order valence-electron chi connectivity index (χ3n) is 15.9. The van der Waals surface area contributed by atoms with Gasteiger partial charge in [-0.1, -0.05) is 46.3 Å². The van der Waals surface area contributed by atoms with E-state index in [9.17, 15) is 40.2 Å². The first-order valence-corrected chi connectivity index (χ1v) is 19.6. The Hall–Kier alpha value is -1.68. The van der Waals surface area contributed by atoms with Gasteiger partial charge in [-0.3, -0.25) is 9.59 Å². The van der Waals surface area contributed by atoms with Gasteiger partial charge in [0.1, 0.15) is 30.5 Å². The summed E-state index contributed by atoms with van der Waals surface area (Å²) >= 11 is 0. The smallest absolute Gasteiger partial charge is 0.303 e. The fraction of sp³-hybridized carbons (Fsp3) is 0.900. The molecule has 2 spiro atoms. The van der Waals surface area contributed by atoms with Crippen LogP contribution in [0.15, 0.2) is 11.6 Å². The van der Waals surface area contributed by atoms with E-state index in [2.05, 4.69) is 40.7 Å². The van der Waals surface area contributed by atoms with Crippen LogP contribution >= 0.6 is 0 Å². The Morgan fingerprint density at radius 2 is 1.72 bits per heavy atom. The van der Waals surface area contributed by atoms with Crippen LogP contribution in [0.4, 0.5) is 0 Å². The fourth-order valence-electron chi connectivity index (χ4n) is 13.6. The lowest BCUT2D eigenvalue weighted by Gasteiger charge is -2.60. The molecule has 0 bridgehead atoms. The Kier molecular flexibility index (Phi) is 9.26. The fourth-order valence-corrected chi connectivity index (χ4v) is 13.6. The number of carbonyl (C=O) groups excluding carboxylic acids is 2. The molecule has 13 heteroatoms. The second kappa shape index (κ2) is 12.4. The van der Waals surface area contributed by atoms with Crippen LogP contribution in [-0.4, -0.2) is 116 Å². The summed E-state index contributed by atoms with van der Waals surface area (Å²) in [5, 5.41) is 68.1. The second-order valence-corrected chi connectivity index (χ2v) is 19.4. The topological polar surface area (TPSA) is 202 Å². The van der Waals surface area contributed by atoms with Gasteiger partial charge >= 0.3 is 11.9 Å². The molecule has 4 saturated carbocycles. The zero-order valence-corrected chi connectivity index (χ0v) is 32.7. The Labute approximate surface area is 312 Å². The minimum absolute atomic E-state index is 0.0587. The summed E-state index contributed by atoms with van der Waals surface area (Å²) in [5.41, 5.74) is -2.21. The van der Waals surface area contributed by atoms with Crippen molar-refractivity contribution in [3.63, 3.8) is 0 Å². The maximum Gasteiger partial charge on any atom is 0.303 e. The van der Waals surface area contributed by atoms with E-state index in [1.807, 2.05) is 0 Å². The number of fused-ring (bicyclic) bond motifs is 4. The van der Waals surface area contributed by atoms with Gasteiger partial charge in [0, 0.05) is 25.2 Å². The van der Waals surface area contributed by atoms with E-state index in [1.165, 1.54) is 19.4 Å². The molecule has 2 saturated heterocycles.